The van der Waals surface area contributed by atoms with Gasteiger partial charge in [-0.1, -0.05) is 26.2 Å². The Morgan fingerprint density at radius 2 is 2.11 bits per heavy atom. The van der Waals surface area contributed by atoms with Crippen molar-refractivity contribution in [3.05, 3.63) is 0 Å². The fraction of sp³-hybridized carbons (Fsp3) is 0.933. The normalized spacial score (nSPS) is 23.9. The Labute approximate surface area is 118 Å². The van der Waals surface area contributed by atoms with Crippen molar-refractivity contribution in [2.45, 2.75) is 77.4 Å². The first-order valence-corrected chi connectivity index (χ1v) is 7.87. The molecule has 1 heterocycles. The van der Waals surface area contributed by atoms with Crippen LogP contribution in [0.1, 0.15) is 59.3 Å². The number of carbonyl (C=O) groups excluding carboxylic acids is 1. The predicted octanol–water partition coefficient (Wildman–Crippen LogP) is 1.88. The van der Waals surface area contributed by atoms with E-state index < -0.39 is 0 Å². The molecule has 0 aromatic heterocycles. The third-order valence-electron chi connectivity index (χ3n) is 4.16. The van der Waals surface area contributed by atoms with E-state index in [-0.39, 0.29) is 18.0 Å². The number of hydrogen-bond donors (Lipinski definition) is 2. The monoisotopic (exact) mass is 269 g/mol. The highest BCUT2D eigenvalue weighted by Gasteiger charge is 2.31. The van der Waals surface area contributed by atoms with Crippen LogP contribution in [-0.4, -0.2) is 42.0 Å². The van der Waals surface area contributed by atoms with Crippen LogP contribution in [0.5, 0.6) is 0 Å². The van der Waals surface area contributed by atoms with Crippen LogP contribution in [0.25, 0.3) is 0 Å². The average molecular weight is 269 g/mol. The van der Waals surface area contributed by atoms with Gasteiger partial charge in [-0.25, -0.2) is 0 Å². The summed E-state index contributed by atoms with van der Waals surface area (Å²) < 4.78 is 0. The average Bonchev–Trinajstić information content (AvgIpc) is 2.42. The topological polar surface area (TPSA) is 58.4 Å². The summed E-state index contributed by atoms with van der Waals surface area (Å²) in [5.74, 6) is 0.156. The molecule has 0 bridgehead atoms. The number of nitrogens with one attached hydrogen (secondary N) is 1. The maximum atomic E-state index is 12.2. The van der Waals surface area contributed by atoms with Gasteiger partial charge in [0.15, 0.2) is 0 Å². The predicted molar refractivity (Wildman–Crippen MR) is 80.0 cm³/mol. The van der Waals surface area contributed by atoms with E-state index >= 15 is 0 Å². The van der Waals surface area contributed by atoms with Crippen molar-refractivity contribution < 1.29 is 4.79 Å². The summed E-state index contributed by atoms with van der Waals surface area (Å²) >= 11 is 0. The van der Waals surface area contributed by atoms with Crippen LogP contribution in [0, 0.1) is 0 Å². The van der Waals surface area contributed by atoms with E-state index in [0.717, 1.165) is 25.9 Å². The van der Waals surface area contributed by atoms with Gasteiger partial charge in [0.25, 0.3) is 0 Å². The molecule has 0 spiro atoms. The van der Waals surface area contributed by atoms with E-state index in [1.165, 1.54) is 25.7 Å². The number of piperidine rings is 1. The lowest BCUT2D eigenvalue weighted by molar-refractivity contribution is -0.127. The Kier molecular flexibility index (Phi) is 7.39. The fourth-order valence-electron chi connectivity index (χ4n) is 2.91. The molecular weight excluding hydrogens is 238 g/mol. The molecule has 4 nitrogen and oxygen atoms in total. The number of amides is 1. The summed E-state index contributed by atoms with van der Waals surface area (Å²) in [5.41, 5.74) is 6.06. The SMILES string of the molecule is CCCCCNC(=O)C(C)N1CCCCC1C(C)N. The molecule has 1 aliphatic rings. The van der Waals surface area contributed by atoms with Crippen LogP contribution < -0.4 is 11.1 Å². The van der Waals surface area contributed by atoms with Crippen molar-refractivity contribution in [2.75, 3.05) is 13.1 Å². The van der Waals surface area contributed by atoms with Gasteiger partial charge in [0, 0.05) is 18.6 Å². The highest BCUT2D eigenvalue weighted by atomic mass is 16.2. The van der Waals surface area contributed by atoms with E-state index in [4.69, 9.17) is 5.73 Å². The number of rotatable bonds is 7. The second-order valence-electron chi connectivity index (χ2n) is 5.83. The number of likely N-dealkylation sites (tertiary alicyclic amines) is 1. The molecule has 1 fully saturated rings. The summed E-state index contributed by atoms with van der Waals surface area (Å²) in [7, 11) is 0. The Bertz CT molecular complexity index is 268. The molecular formula is C15H31N3O. The van der Waals surface area contributed by atoms with Crippen LogP contribution >= 0.6 is 0 Å². The molecule has 112 valence electrons. The molecule has 0 saturated carbocycles. The molecule has 1 amide bonds. The first kappa shape index (κ1) is 16.4. The maximum Gasteiger partial charge on any atom is 0.237 e. The van der Waals surface area contributed by atoms with Gasteiger partial charge in [-0.3, -0.25) is 9.69 Å². The molecule has 19 heavy (non-hydrogen) atoms. The Morgan fingerprint density at radius 3 is 2.74 bits per heavy atom. The molecule has 1 rings (SSSR count). The van der Waals surface area contributed by atoms with E-state index in [0.29, 0.717) is 6.04 Å². The van der Waals surface area contributed by atoms with Crippen LogP contribution in [0.4, 0.5) is 0 Å². The summed E-state index contributed by atoms with van der Waals surface area (Å²) in [6.45, 7) is 8.03. The maximum absolute atomic E-state index is 12.2. The zero-order valence-electron chi connectivity index (χ0n) is 12.8. The third kappa shape index (κ3) is 5.11. The number of carbonyl (C=O) groups is 1. The zero-order chi connectivity index (χ0) is 14.3. The van der Waals surface area contributed by atoms with E-state index in [1.807, 2.05) is 6.92 Å². The lowest BCUT2D eigenvalue weighted by atomic mass is 9.95. The summed E-state index contributed by atoms with van der Waals surface area (Å²) in [6.07, 6.45) is 6.96. The molecule has 0 aromatic rings. The minimum Gasteiger partial charge on any atom is -0.355 e. The molecule has 0 aromatic carbocycles. The van der Waals surface area contributed by atoms with Crippen molar-refractivity contribution in [3.63, 3.8) is 0 Å². The minimum atomic E-state index is -0.0575. The van der Waals surface area contributed by atoms with E-state index in [9.17, 15) is 4.79 Å². The highest BCUT2D eigenvalue weighted by Crippen LogP contribution is 2.21. The van der Waals surface area contributed by atoms with Crippen LogP contribution in [-0.2, 0) is 4.79 Å². The first-order chi connectivity index (χ1) is 9.07. The molecule has 3 unspecified atom stereocenters. The molecule has 0 aliphatic carbocycles. The summed E-state index contributed by atoms with van der Waals surface area (Å²) in [6, 6.07) is 0.429. The molecule has 3 N–H and O–H groups in total. The first-order valence-electron chi connectivity index (χ1n) is 7.87. The second kappa shape index (κ2) is 8.54. The Balaban J connectivity index is 2.44. The molecule has 4 heteroatoms. The quantitative estimate of drug-likeness (QED) is 0.694. The zero-order valence-corrected chi connectivity index (χ0v) is 12.8. The van der Waals surface area contributed by atoms with Gasteiger partial charge in [0.2, 0.25) is 5.91 Å². The number of unbranched alkanes of at least 4 members (excludes halogenated alkanes) is 2. The largest absolute Gasteiger partial charge is 0.355 e. The highest BCUT2D eigenvalue weighted by molar-refractivity contribution is 5.81. The summed E-state index contributed by atoms with van der Waals surface area (Å²) in [4.78, 5) is 14.5. The van der Waals surface area contributed by atoms with Crippen LogP contribution in [0.15, 0.2) is 0 Å². The van der Waals surface area contributed by atoms with Crippen LogP contribution in [0.3, 0.4) is 0 Å². The second-order valence-corrected chi connectivity index (χ2v) is 5.83. The summed E-state index contributed by atoms with van der Waals surface area (Å²) in [5, 5.41) is 3.05. The standard InChI is InChI=1S/C15H31N3O/c1-4-5-7-10-17-15(19)13(3)18-11-8-6-9-14(18)12(2)16/h12-14H,4-11,16H2,1-3H3,(H,17,19). The Hall–Kier alpha value is -0.610. The van der Waals surface area contributed by atoms with Crippen molar-refractivity contribution in [1.29, 1.82) is 0 Å². The van der Waals surface area contributed by atoms with Gasteiger partial charge in [0.1, 0.15) is 0 Å². The van der Waals surface area contributed by atoms with Crippen molar-refractivity contribution in [3.8, 4) is 0 Å². The number of nitrogens with zero attached hydrogens (tertiary/aromatic N) is 1. The van der Waals surface area contributed by atoms with Gasteiger partial charge in [-0.2, -0.15) is 0 Å². The van der Waals surface area contributed by atoms with Crippen LogP contribution in [0.2, 0.25) is 0 Å². The number of nitrogens with two attached hydrogens (primary N) is 1. The Morgan fingerprint density at radius 1 is 1.37 bits per heavy atom. The van der Waals surface area contributed by atoms with Gasteiger partial charge in [0.05, 0.1) is 6.04 Å². The van der Waals surface area contributed by atoms with Gasteiger partial charge >= 0.3 is 0 Å². The smallest absolute Gasteiger partial charge is 0.237 e. The van der Waals surface area contributed by atoms with Crippen molar-refractivity contribution in [2.24, 2.45) is 5.73 Å². The van der Waals surface area contributed by atoms with Gasteiger partial charge in [-0.05, 0) is 39.7 Å². The molecule has 3 atom stereocenters. The lowest BCUT2D eigenvalue weighted by Gasteiger charge is -2.41. The molecule has 0 radical (unpaired) electrons. The molecule has 1 aliphatic heterocycles. The minimum absolute atomic E-state index is 0.0575. The van der Waals surface area contributed by atoms with Gasteiger partial charge < -0.3 is 11.1 Å². The van der Waals surface area contributed by atoms with Crippen molar-refractivity contribution in [1.82, 2.24) is 10.2 Å². The van der Waals surface area contributed by atoms with E-state index in [2.05, 4.69) is 24.1 Å². The van der Waals surface area contributed by atoms with Crippen molar-refractivity contribution >= 4 is 5.91 Å². The van der Waals surface area contributed by atoms with Gasteiger partial charge in [-0.15, -0.1) is 0 Å². The lowest BCUT2D eigenvalue weighted by Crippen LogP contribution is -2.56. The van der Waals surface area contributed by atoms with E-state index in [1.54, 1.807) is 0 Å². The third-order valence-corrected chi connectivity index (χ3v) is 4.16. The fourth-order valence-corrected chi connectivity index (χ4v) is 2.91. The number of hydrogen-bond acceptors (Lipinski definition) is 3. The molecule has 1 saturated heterocycles.